The van der Waals surface area contributed by atoms with Crippen LogP contribution in [-0.2, 0) is 19.2 Å². The first-order valence-electron chi connectivity index (χ1n) is 16.7. The van der Waals surface area contributed by atoms with Gasteiger partial charge in [-0.25, -0.2) is 4.79 Å². The molecule has 0 aliphatic heterocycles. The number of nitrogens with two attached hydrogens (primary N) is 2. The molecule has 0 fully saturated rings. The summed E-state index contributed by atoms with van der Waals surface area (Å²) in [5.41, 5.74) is 11.1. The molecule has 0 aromatic carbocycles. The predicted octanol–water partition coefficient (Wildman–Crippen LogP) is 4.53. The minimum absolute atomic E-state index is 0.0691. The van der Waals surface area contributed by atoms with Crippen LogP contribution in [-0.4, -0.2) is 60.0 Å². The zero-order valence-corrected chi connectivity index (χ0v) is 26.9. The summed E-state index contributed by atoms with van der Waals surface area (Å²) < 4.78 is 0. The minimum Gasteiger partial charge on any atom is -0.480 e. The zero-order chi connectivity index (χ0) is 31.6. The fraction of sp³-hybridized carbons (Fsp3) is 0.875. The van der Waals surface area contributed by atoms with Gasteiger partial charge in [-0.3, -0.25) is 14.4 Å². The van der Waals surface area contributed by atoms with Gasteiger partial charge in [0.2, 0.25) is 17.7 Å². The van der Waals surface area contributed by atoms with Crippen molar-refractivity contribution in [3.05, 3.63) is 0 Å². The molecule has 10 heteroatoms. The lowest BCUT2D eigenvalue weighted by Gasteiger charge is -2.25. The Morgan fingerprint density at radius 2 is 1.10 bits per heavy atom. The number of unbranched alkanes of at least 4 members (excludes halogenated alkanes) is 13. The Labute approximate surface area is 255 Å². The van der Waals surface area contributed by atoms with Crippen LogP contribution in [0.1, 0.15) is 143 Å². The highest BCUT2D eigenvalue weighted by Crippen LogP contribution is 2.13. The number of carbonyl (C=O) groups is 4. The highest BCUT2D eigenvalue weighted by molar-refractivity contribution is 5.93. The van der Waals surface area contributed by atoms with Crippen LogP contribution in [0.2, 0.25) is 0 Å². The Balaban J connectivity index is 4.70. The lowest BCUT2D eigenvalue weighted by atomic mass is 10.0. The molecule has 3 atom stereocenters. The summed E-state index contributed by atoms with van der Waals surface area (Å²) in [6, 6.07) is -2.84. The quantitative estimate of drug-likeness (QED) is 0.0718. The molecule has 0 aliphatic rings. The van der Waals surface area contributed by atoms with Crippen molar-refractivity contribution in [3.63, 3.8) is 0 Å². The van der Waals surface area contributed by atoms with Crippen LogP contribution >= 0.6 is 0 Å². The molecule has 10 nitrogen and oxygen atoms in total. The zero-order valence-electron chi connectivity index (χ0n) is 26.9. The Bertz CT molecular complexity index is 734. The van der Waals surface area contributed by atoms with Gasteiger partial charge < -0.3 is 32.5 Å². The third-order valence-corrected chi connectivity index (χ3v) is 7.52. The average Bonchev–Trinajstić information content (AvgIpc) is 2.94. The van der Waals surface area contributed by atoms with Gasteiger partial charge in [-0.1, -0.05) is 97.8 Å². The molecule has 0 rings (SSSR count). The fourth-order valence-electron chi connectivity index (χ4n) is 5.00. The second-order valence-electron chi connectivity index (χ2n) is 12.1. The minimum atomic E-state index is -1.18. The molecule has 0 aromatic heterocycles. The first kappa shape index (κ1) is 39.8. The number of carboxylic acid groups (broad SMARTS) is 1. The van der Waals surface area contributed by atoms with E-state index in [1.54, 1.807) is 0 Å². The Kier molecular flexibility index (Phi) is 25.0. The fourth-order valence-corrected chi connectivity index (χ4v) is 5.00. The van der Waals surface area contributed by atoms with Gasteiger partial charge in [-0.05, 0) is 57.5 Å². The molecule has 0 saturated carbocycles. The van der Waals surface area contributed by atoms with Gasteiger partial charge in [-0.15, -0.1) is 0 Å². The molecule has 246 valence electrons. The number of hydrogen-bond acceptors (Lipinski definition) is 6. The molecule has 0 radical (unpaired) electrons. The molecular weight excluding hydrogens is 534 g/mol. The van der Waals surface area contributed by atoms with E-state index in [9.17, 15) is 24.3 Å². The topological polar surface area (TPSA) is 177 Å². The van der Waals surface area contributed by atoms with Gasteiger partial charge >= 0.3 is 5.97 Å². The molecule has 8 N–H and O–H groups in total. The second-order valence-corrected chi connectivity index (χ2v) is 12.1. The maximum absolute atomic E-state index is 13.2. The first-order chi connectivity index (χ1) is 20.2. The van der Waals surface area contributed by atoms with Gasteiger partial charge in [0.1, 0.15) is 18.1 Å². The molecule has 0 aliphatic carbocycles. The number of hydrogen-bond donors (Lipinski definition) is 6. The van der Waals surface area contributed by atoms with Gasteiger partial charge in [0, 0.05) is 6.42 Å². The molecule has 0 aromatic rings. The van der Waals surface area contributed by atoms with Gasteiger partial charge in [0.05, 0.1) is 0 Å². The monoisotopic (exact) mass is 597 g/mol. The predicted molar refractivity (Wildman–Crippen MR) is 170 cm³/mol. The third-order valence-electron chi connectivity index (χ3n) is 7.52. The van der Waals surface area contributed by atoms with Crippen LogP contribution in [0.3, 0.4) is 0 Å². The average molecular weight is 598 g/mol. The van der Waals surface area contributed by atoms with E-state index in [1.165, 1.54) is 64.2 Å². The SMILES string of the molecule is CCCCCCCCCCCCCCCC(=O)N[C@@H](CCCCN)C(=O)N[C@@H](CC(C)C)C(=O)N[C@@H](CCN)C(=O)O. The van der Waals surface area contributed by atoms with Crippen LogP contribution in [0.15, 0.2) is 0 Å². The van der Waals surface area contributed by atoms with Crippen molar-refractivity contribution >= 4 is 23.7 Å². The summed E-state index contributed by atoms with van der Waals surface area (Å²) in [5, 5.41) is 17.5. The normalized spacial score (nSPS) is 13.4. The maximum atomic E-state index is 13.2. The Morgan fingerprint density at radius 1 is 0.595 bits per heavy atom. The van der Waals surface area contributed by atoms with Crippen molar-refractivity contribution in [2.45, 2.75) is 161 Å². The highest BCUT2D eigenvalue weighted by Gasteiger charge is 2.29. The lowest BCUT2D eigenvalue weighted by Crippen LogP contribution is -2.56. The van der Waals surface area contributed by atoms with Crippen molar-refractivity contribution < 1.29 is 24.3 Å². The van der Waals surface area contributed by atoms with Gasteiger partial charge in [0.15, 0.2) is 0 Å². The van der Waals surface area contributed by atoms with E-state index >= 15 is 0 Å². The number of aliphatic carboxylic acids is 1. The summed E-state index contributed by atoms with van der Waals surface area (Å²) >= 11 is 0. The summed E-state index contributed by atoms with van der Waals surface area (Å²) in [6.45, 7) is 6.66. The highest BCUT2D eigenvalue weighted by atomic mass is 16.4. The summed E-state index contributed by atoms with van der Waals surface area (Å²) in [4.78, 5) is 50.4. The maximum Gasteiger partial charge on any atom is 0.326 e. The molecular formula is C32H63N5O5. The number of rotatable bonds is 28. The smallest absolute Gasteiger partial charge is 0.326 e. The van der Waals surface area contributed by atoms with E-state index < -0.39 is 35.9 Å². The largest absolute Gasteiger partial charge is 0.480 e. The van der Waals surface area contributed by atoms with Crippen LogP contribution in [0.4, 0.5) is 0 Å². The summed E-state index contributed by atoms with van der Waals surface area (Å²) in [5.74, 6) is -2.30. The third kappa shape index (κ3) is 21.5. The van der Waals surface area contributed by atoms with E-state index in [-0.39, 0.29) is 24.8 Å². The van der Waals surface area contributed by atoms with Crippen molar-refractivity contribution in [3.8, 4) is 0 Å². The lowest BCUT2D eigenvalue weighted by molar-refractivity contribution is -0.142. The standard InChI is InChI=1S/C32H63N5O5/c1-4-5-6-7-8-9-10-11-12-13-14-15-16-20-29(38)35-26(19-17-18-22-33)30(39)37-28(24-25(2)3)31(40)36-27(21-23-34)32(41)42/h25-28H,4-24,33-34H2,1-3H3,(H,35,38)(H,36,40)(H,37,39)(H,41,42)/t26-,27-,28-/m0/s1. The van der Waals surface area contributed by atoms with E-state index in [4.69, 9.17) is 11.5 Å². The van der Waals surface area contributed by atoms with Crippen molar-refractivity contribution in [1.29, 1.82) is 0 Å². The summed E-state index contributed by atoms with van der Waals surface area (Å²) in [6.07, 6.45) is 18.5. The Hall–Kier alpha value is -2.20. The van der Waals surface area contributed by atoms with E-state index in [1.807, 2.05) is 13.8 Å². The van der Waals surface area contributed by atoms with E-state index in [2.05, 4.69) is 22.9 Å². The number of carboxylic acids is 1. The van der Waals surface area contributed by atoms with Crippen LogP contribution < -0.4 is 27.4 Å². The molecule has 0 unspecified atom stereocenters. The second kappa shape index (κ2) is 26.4. The van der Waals surface area contributed by atoms with Crippen molar-refractivity contribution in [2.75, 3.05) is 13.1 Å². The van der Waals surface area contributed by atoms with Gasteiger partial charge in [-0.2, -0.15) is 0 Å². The van der Waals surface area contributed by atoms with Gasteiger partial charge in [0.25, 0.3) is 0 Å². The van der Waals surface area contributed by atoms with Crippen molar-refractivity contribution in [2.24, 2.45) is 17.4 Å². The first-order valence-corrected chi connectivity index (χ1v) is 16.7. The van der Waals surface area contributed by atoms with Crippen LogP contribution in [0.25, 0.3) is 0 Å². The molecule has 0 saturated heterocycles. The van der Waals surface area contributed by atoms with E-state index in [0.717, 1.165) is 19.3 Å². The molecule has 0 spiro atoms. The van der Waals surface area contributed by atoms with Crippen LogP contribution in [0.5, 0.6) is 0 Å². The Morgan fingerprint density at radius 3 is 1.57 bits per heavy atom. The number of nitrogens with one attached hydrogen (secondary N) is 3. The van der Waals surface area contributed by atoms with Crippen molar-refractivity contribution in [1.82, 2.24) is 16.0 Å². The molecule has 0 heterocycles. The molecule has 42 heavy (non-hydrogen) atoms. The van der Waals surface area contributed by atoms with Crippen LogP contribution in [0, 0.1) is 5.92 Å². The number of amides is 3. The van der Waals surface area contributed by atoms with E-state index in [0.29, 0.717) is 38.6 Å². The number of carbonyl (C=O) groups excluding carboxylic acids is 3. The molecule has 3 amide bonds. The summed E-state index contributed by atoms with van der Waals surface area (Å²) in [7, 11) is 0. The molecule has 0 bridgehead atoms.